The van der Waals surface area contributed by atoms with Crippen molar-refractivity contribution in [2.75, 3.05) is 0 Å². The Balaban J connectivity index is 0.000000160. The van der Waals surface area contributed by atoms with E-state index >= 15 is 0 Å². The Morgan fingerprint density at radius 3 is 0.788 bits per heavy atom. The Morgan fingerprint density at radius 2 is 0.545 bits per heavy atom. The SMILES string of the molecule is [Au+].[Au+].[C-]#Cc1c2ccccc2cc2ccccc12.[C-]#Cc1c2ccccc2cc2ccccc12.c1ccc([PH+](C2CCCCC2)C2CCCCC2)c([PH+](C2CCCCC2)C2CCCCC2)c1. The molecular weight excluding hydrogens is 1200 g/mol. The fraction of sp³-hybridized carbons (Fsp3) is 0.387. The second-order valence-corrected chi connectivity index (χ2v) is 25.6. The minimum absolute atomic E-state index is 0. The minimum atomic E-state index is -0.448. The van der Waals surface area contributed by atoms with Crippen LogP contribution in [0.5, 0.6) is 0 Å². The normalized spacial score (nSPS) is 17.5. The molecule has 0 bridgehead atoms. The van der Waals surface area contributed by atoms with Crippen molar-refractivity contribution in [2.45, 2.75) is 151 Å². The molecule has 0 heterocycles. The second-order valence-electron chi connectivity index (χ2n) is 19.4. The maximum Gasteiger partial charge on any atom is 1.00 e. The molecule has 0 nitrogen and oxygen atoms in total. The van der Waals surface area contributed by atoms with E-state index < -0.39 is 15.8 Å². The summed E-state index contributed by atoms with van der Waals surface area (Å²) in [6, 6.07) is 47.2. The second kappa shape index (κ2) is 25.6. The van der Waals surface area contributed by atoms with Gasteiger partial charge in [-0.2, -0.15) is 0 Å². The molecule has 4 aliphatic rings. The van der Waals surface area contributed by atoms with E-state index in [0.717, 1.165) is 76.9 Å². The molecule has 346 valence electrons. The van der Waals surface area contributed by atoms with E-state index in [1.54, 1.807) is 51.4 Å². The summed E-state index contributed by atoms with van der Waals surface area (Å²) in [5, 5.41) is 13.0. The zero-order valence-corrected chi connectivity index (χ0v) is 45.1. The molecule has 0 spiro atoms. The van der Waals surface area contributed by atoms with Gasteiger partial charge in [-0.1, -0.05) is 156 Å². The Bertz CT molecular complexity index is 2390. The number of rotatable bonds is 6. The van der Waals surface area contributed by atoms with E-state index in [9.17, 15) is 0 Å². The smallest absolute Gasteiger partial charge is 0.366 e. The molecule has 0 atom stereocenters. The standard InChI is InChI=1S/C30H48P2.2C16H9.2Au/c1-5-15-25(16-6-1)31(26-17-7-2-8-18-26)29-23-13-14-24-30(29)32(27-19-9-3-10-20-27)28-21-11-4-12-22-28;2*1-2-14-15-9-5-3-7-12(15)11-13-8-4-6-10-16(13)14;;/h13-14,23-28H,1-12,15-22H2;2*3-11H;;/q;2*-1;2*+1/p+2. The van der Waals surface area contributed by atoms with Gasteiger partial charge in [0.2, 0.25) is 0 Å². The van der Waals surface area contributed by atoms with Crippen LogP contribution < -0.4 is 10.6 Å². The van der Waals surface area contributed by atoms with E-state index in [0.29, 0.717) is 0 Å². The molecule has 0 radical (unpaired) electrons. The molecule has 0 unspecified atom stereocenters. The van der Waals surface area contributed by atoms with Crippen LogP contribution in [-0.4, -0.2) is 22.6 Å². The number of fused-ring (bicyclic) bond motifs is 4. The van der Waals surface area contributed by atoms with Gasteiger partial charge in [0.15, 0.2) is 0 Å². The summed E-state index contributed by atoms with van der Waals surface area (Å²) in [6.45, 7) is 0. The summed E-state index contributed by atoms with van der Waals surface area (Å²) in [5.74, 6) is 5.13. The molecule has 0 saturated heterocycles. The maximum absolute atomic E-state index is 7.46. The minimum Gasteiger partial charge on any atom is -0.366 e. The summed E-state index contributed by atoms with van der Waals surface area (Å²) >= 11 is 0. The van der Waals surface area contributed by atoms with E-state index in [1.165, 1.54) is 77.0 Å². The van der Waals surface area contributed by atoms with Crippen molar-refractivity contribution in [3.63, 3.8) is 0 Å². The monoisotopic (exact) mass is 1270 g/mol. The van der Waals surface area contributed by atoms with Crippen LogP contribution in [0.3, 0.4) is 0 Å². The summed E-state index contributed by atoms with van der Waals surface area (Å²) in [7, 11) is -0.895. The molecule has 11 rings (SSSR count). The Morgan fingerprint density at radius 1 is 0.318 bits per heavy atom. The number of benzene rings is 7. The molecule has 0 N–H and O–H groups in total. The fourth-order valence-corrected chi connectivity index (χ4v) is 21.9. The quantitative estimate of drug-likeness (QED) is 0.0512. The fourth-order valence-electron chi connectivity index (χ4n) is 12.5. The third-order valence-electron chi connectivity index (χ3n) is 15.5. The third kappa shape index (κ3) is 11.9. The predicted octanol–water partition coefficient (Wildman–Crippen LogP) is 16.6. The van der Waals surface area contributed by atoms with Crippen molar-refractivity contribution >= 4 is 69.5 Å². The molecule has 66 heavy (non-hydrogen) atoms. The molecule has 4 heteroatoms. The zero-order valence-electron chi connectivity index (χ0n) is 38.8. The molecule has 0 aromatic heterocycles. The van der Waals surface area contributed by atoms with Gasteiger partial charge in [-0.15, -0.1) is 11.1 Å². The van der Waals surface area contributed by atoms with Crippen LogP contribution in [0.4, 0.5) is 0 Å². The van der Waals surface area contributed by atoms with Crippen molar-refractivity contribution < 1.29 is 44.8 Å². The van der Waals surface area contributed by atoms with Gasteiger partial charge in [0, 0.05) is 15.8 Å². The maximum atomic E-state index is 7.46. The Kier molecular flexibility index (Phi) is 19.7. The Hall–Kier alpha value is -2.96. The van der Waals surface area contributed by atoms with Crippen LogP contribution in [0.2, 0.25) is 0 Å². The summed E-state index contributed by atoms with van der Waals surface area (Å²) in [5.41, 5.74) is 6.10. The van der Waals surface area contributed by atoms with Gasteiger partial charge < -0.3 is 12.8 Å². The van der Waals surface area contributed by atoms with Gasteiger partial charge in [-0.25, -0.2) is 0 Å². The van der Waals surface area contributed by atoms with E-state index in [2.05, 4.69) is 72.5 Å². The van der Waals surface area contributed by atoms with Gasteiger partial charge in [-0.3, -0.25) is 11.8 Å². The van der Waals surface area contributed by atoms with Gasteiger partial charge in [0.1, 0.15) is 10.6 Å². The molecule has 7 aromatic rings. The van der Waals surface area contributed by atoms with Crippen molar-refractivity contribution in [1.82, 2.24) is 0 Å². The van der Waals surface area contributed by atoms with E-state index in [1.807, 2.05) is 83.4 Å². The van der Waals surface area contributed by atoms with Crippen LogP contribution >= 0.6 is 15.8 Å². The first-order valence-electron chi connectivity index (χ1n) is 25.2. The summed E-state index contributed by atoms with van der Waals surface area (Å²) < 4.78 is 0. The number of hydrogen-bond donors (Lipinski definition) is 0. The van der Waals surface area contributed by atoms with Crippen molar-refractivity contribution in [2.24, 2.45) is 0 Å². The number of hydrogen-bond acceptors (Lipinski definition) is 0. The van der Waals surface area contributed by atoms with Gasteiger partial charge in [0.05, 0.1) is 22.6 Å². The Labute approximate surface area is 431 Å². The summed E-state index contributed by atoms with van der Waals surface area (Å²) in [6.07, 6.45) is 45.7. The van der Waals surface area contributed by atoms with Crippen LogP contribution in [0.15, 0.2) is 133 Å². The van der Waals surface area contributed by atoms with Crippen molar-refractivity contribution in [3.05, 3.63) is 157 Å². The van der Waals surface area contributed by atoms with Gasteiger partial charge in [0.25, 0.3) is 0 Å². The molecule has 0 aliphatic heterocycles. The first kappa shape index (κ1) is 50.9. The van der Waals surface area contributed by atoms with E-state index in [4.69, 9.17) is 12.8 Å². The van der Waals surface area contributed by atoms with Crippen molar-refractivity contribution in [3.8, 4) is 11.8 Å². The first-order chi connectivity index (χ1) is 31.7. The van der Waals surface area contributed by atoms with Crippen LogP contribution in [0.25, 0.3) is 43.1 Å². The summed E-state index contributed by atoms with van der Waals surface area (Å²) in [4.78, 5) is 0. The van der Waals surface area contributed by atoms with Crippen LogP contribution in [0.1, 0.15) is 140 Å². The van der Waals surface area contributed by atoms with Crippen molar-refractivity contribution in [1.29, 1.82) is 0 Å². The average molecular weight is 1270 g/mol. The third-order valence-corrected chi connectivity index (χ3v) is 23.7. The average Bonchev–Trinajstić information content (AvgIpc) is 3.37. The topological polar surface area (TPSA) is 0 Å². The van der Waals surface area contributed by atoms with E-state index in [-0.39, 0.29) is 44.8 Å². The van der Waals surface area contributed by atoms with Crippen LogP contribution in [0, 0.1) is 24.7 Å². The van der Waals surface area contributed by atoms with Crippen LogP contribution in [-0.2, 0) is 44.8 Å². The predicted molar refractivity (Wildman–Crippen MR) is 285 cm³/mol. The molecular formula is C62H68Au2P2+2. The molecule has 4 saturated carbocycles. The molecule has 0 amide bonds. The largest absolute Gasteiger partial charge is 1.00 e. The van der Waals surface area contributed by atoms with Gasteiger partial charge >= 0.3 is 44.8 Å². The molecule has 4 aliphatic carbocycles. The first-order valence-corrected chi connectivity index (χ1v) is 28.5. The zero-order chi connectivity index (χ0) is 43.5. The molecule has 4 fully saturated rings. The van der Waals surface area contributed by atoms with Gasteiger partial charge in [-0.05, 0) is 149 Å². The molecule has 7 aromatic carbocycles.